The fourth-order valence-corrected chi connectivity index (χ4v) is 3.83. The third kappa shape index (κ3) is 3.24. The molecule has 1 fully saturated rings. The maximum atomic E-state index is 13.0. The Morgan fingerprint density at radius 2 is 2.04 bits per heavy atom. The second kappa shape index (κ2) is 7.56. The molecule has 1 amide bonds. The molecule has 0 saturated carbocycles. The quantitative estimate of drug-likeness (QED) is 0.755. The van der Waals surface area contributed by atoms with Crippen molar-refractivity contribution in [2.75, 3.05) is 6.54 Å². The lowest BCUT2D eigenvalue weighted by atomic mass is 9.76. The Labute approximate surface area is 154 Å². The predicted molar refractivity (Wildman–Crippen MR) is 97.7 cm³/mol. The number of likely N-dealkylation sites (tertiary alicyclic amines) is 1. The van der Waals surface area contributed by atoms with Gasteiger partial charge in [0.15, 0.2) is 0 Å². The van der Waals surface area contributed by atoms with Crippen molar-refractivity contribution in [3.05, 3.63) is 30.1 Å². The minimum absolute atomic E-state index is 0.260. The summed E-state index contributed by atoms with van der Waals surface area (Å²) in [7, 11) is 0. The topological polar surface area (TPSA) is 87.6 Å². The number of nitrogens with zero attached hydrogens (tertiary/aromatic N) is 2. The smallest absolute Gasteiger partial charge is 0.330 e. The zero-order valence-electron chi connectivity index (χ0n) is 16.0. The number of carboxylic acid groups (broad SMARTS) is 1. The van der Waals surface area contributed by atoms with E-state index in [0.717, 1.165) is 5.56 Å². The summed E-state index contributed by atoms with van der Waals surface area (Å²) >= 11 is 0. The Morgan fingerprint density at radius 3 is 2.54 bits per heavy atom. The first-order valence-corrected chi connectivity index (χ1v) is 9.22. The van der Waals surface area contributed by atoms with Crippen LogP contribution in [0.1, 0.15) is 64.9 Å². The molecule has 2 atom stereocenters. The molecular formula is C20H28N2O4. The van der Waals surface area contributed by atoms with E-state index in [2.05, 4.69) is 4.98 Å². The van der Waals surface area contributed by atoms with Crippen LogP contribution in [0, 0.1) is 5.41 Å². The fraction of sp³-hybridized carbons (Fsp3) is 0.600. The summed E-state index contributed by atoms with van der Waals surface area (Å²) in [5, 5.41) is 10.2. The van der Waals surface area contributed by atoms with Crippen molar-refractivity contribution in [1.29, 1.82) is 0 Å². The Balaban J connectivity index is 2.51. The van der Waals surface area contributed by atoms with Gasteiger partial charge in [-0.3, -0.25) is 14.6 Å². The van der Waals surface area contributed by atoms with Gasteiger partial charge >= 0.3 is 5.97 Å². The monoisotopic (exact) mass is 360 g/mol. The zero-order valence-corrected chi connectivity index (χ0v) is 16.0. The summed E-state index contributed by atoms with van der Waals surface area (Å²) < 4.78 is 0. The Hall–Kier alpha value is -2.24. The Bertz CT molecular complexity index is 686. The number of carbonyl (C=O) groups is 3. The molecule has 1 aromatic heterocycles. The standard InChI is InChI=1S/C20H28N2O4/c1-5-10-20(18(25)26)15(14-8-7-11-21-13-14)9-12-22(20)17(24)16(23)19(3,4)6-2/h7-8,11,13,15H,5-6,9-10,12H2,1-4H3,(H,25,26)/t15-,20-/m0/s1. The highest BCUT2D eigenvalue weighted by atomic mass is 16.4. The maximum absolute atomic E-state index is 13.0. The number of hydrogen-bond acceptors (Lipinski definition) is 4. The molecule has 6 heteroatoms. The van der Waals surface area contributed by atoms with Gasteiger partial charge in [-0.25, -0.2) is 4.79 Å². The molecule has 2 rings (SSSR count). The van der Waals surface area contributed by atoms with Crippen LogP contribution in [0.2, 0.25) is 0 Å². The molecule has 0 spiro atoms. The number of carboxylic acids is 1. The van der Waals surface area contributed by atoms with Crippen LogP contribution in [0.4, 0.5) is 0 Å². The average Bonchev–Trinajstić information content (AvgIpc) is 3.01. The summed E-state index contributed by atoms with van der Waals surface area (Å²) in [5.41, 5.74) is -1.42. The van der Waals surface area contributed by atoms with Crippen molar-refractivity contribution in [3.63, 3.8) is 0 Å². The predicted octanol–water partition coefficient (Wildman–Crippen LogP) is 3.03. The van der Waals surface area contributed by atoms with E-state index in [0.29, 0.717) is 25.7 Å². The number of aromatic nitrogens is 1. The molecule has 1 aliphatic heterocycles. The van der Waals surface area contributed by atoms with Crippen LogP contribution >= 0.6 is 0 Å². The number of aliphatic carboxylic acids is 1. The first kappa shape index (κ1) is 20.1. The second-order valence-electron chi connectivity index (χ2n) is 7.63. The molecule has 1 N–H and O–H groups in total. The number of pyridine rings is 1. The van der Waals surface area contributed by atoms with Crippen molar-refractivity contribution in [3.8, 4) is 0 Å². The summed E-state index contributed by atoms with van der Waals surface area (Å²) in [6.45, 7) is 7.46. The highest BCUT2D eigenvalue weighted by molar-refractivity contribution is 6.38. The molecule has 1 aliphatic rings. The minimum atomic E-state index is -1.41. The third-order valence-corrected chi connectivity index (χ3v) is 5.73. The van der Waals surface area contributed by atoms with Gasteiger partial charge in [-0.05, 0) is 30.9 Å². The number of hydrogen-bond donors (Lipinski definition) is 1. The molecule has 1 aromatic rings. The van der Waals surface area contributed by atoms with Gasteiger partial charge in [0.05, 0.1) is 0 Å². The molecule has 142 valence electrons. The zero-order chi connectivity index (χ0) is 19.5. The Kier molecular flexibility index (Phi) is 5.84. The van der Waals surface area contributed by atoms with Crippen LogP contribution in [0.15, 0.2) is 24.5 Å². The van der Waals surface area contributed by atoms with Gasteiger partial charge in [0.1, 0.15) is 5.54 Å². The molecular weight excluding hydrogens is 332 g/mol. The molecule has 0 unspecified atom stereocenters. The molecule has 0 aliphatic carbocycles. The van der Waals surface area contributed by atoms with Crippen LogP contribution < -0.4 is 0 Å². The number of Topliss-reactive ketones (excluding diaryl/α,β-unsaturated/α-hetero) is 1. The van der Waals surface area contributed by atoms with E-state index in [1.54, 1.807) is 32.3 Å². The summed E-state index contributed by atoms with van der Waals surface area (Å²) in [6, 6.07) is 3.61. The minimum Gasteiger partial charge on any atom is -0.479 e. The van der Waals surface area contributed by atoms with Crippen LogP contribution in [-0.2, 0) is 14.4 Å². The molecule has 6 nitrogen and oxygen atoms in total. The van der Waals surface area contributed by atoms with Crippen LogP contribution in [0.5, 0.6) is 0 Å². The first-order chi connectivity index (χ1) is 12.2. The van der Waals surface area contributed by atoms with Crippen molar-refractivity contribution < 1.29 is 19.5 Å². The van der Waals surface area contributed by atoms with E-state index in [-0.39, 0.29) is 12.5 Å². The van der Waals surface area contributed by atoms with Gasteiger partial charge in [0, 0.05) is 30.3 Å². The van der Waals surface area contributed by atoms with Gasteiger partial charge in [-0.1, -0.05) is 40.2 Å². The highest BCUT2D eigenvalue weighted by Crippen LogP contribution is 2.46. The maximum Gasteiger partial charge on any atom is 0.330 e. The molecule has 1 saturated heterocycles. The molecule has 0 aromatic carbocycles. The van der Waals surface area contributed by atoms with E-state index < -0.39 is 28.6 Å². The van der Waals surface area contributed by atoms with Crippen LogP contribution in [0.25, 0.3) is 0 Å². The van der Waals surface area contributed by atoms with E-state index in [1.807, 2.05) is 19.9 Å². The lowest BCUT2D eigenvalue weighted by Gasteiger charge is -2.39. The summed E-state index contributed by atoms with van der Waals surface area (Å²) in [4.78, 5) is 43.6. The van der Waals surface area contributed by atoms with Crippen molar-refractivity contribution in [2.45, 2.75) is 64.8 Å². The van der Waals surface area contributed by atoms with Crippen molar-refractivity contribution >= 4 is 17.7 Å². The number of rotatable bonds is 7. The van der Waals surface area contributed by atoms with E-state index in [9.17, 15) is 19.5 Å². The van der Waals surface area contributed by atoms with Gasteiger partial charge in [0.2, 0.25) is 5.78 Å². The normalized spacial score (nSPS) is 23.1. The SMILES string of the molecule is CCC[C@@]1(C(=O)O)[C@H](c2cccnc2)CCN1C(=O)C(=O)C(C)(C)CC. The lowest BCUT2D eigenvalue weighted by molar-refractivity contribution is -0.162. The fourth-order valence-electron chi connectivity index (χ4n) is 3.83. The second-order valence-corrected chi connectivity index (χ2v) is 7.63. The molecule has 2 heterocycles. The molecule has 26 heavy (non-hydrogen) atoms. The molecule has 0 bridgehead atoms. The van der Waals surface area contributed by atoms with Crippen LogP contribution in [-0.4, -0.2) is 44.7 Å². The summed E-state index contributed by atoms with van der Waals surface area (Å²) in [6.07, 6.45) is 5.21. The highest BCUT2D eigenvalue weighted by Gasteiger charge is 2.58. The number of amides is 1. The largest absolute Gasteiger partial charge is 0.479 e. The van der Waals surface area contributed by atoms with E-state index in [4.69, 9.17) is 0 Å². The number of carbonyl (C=O) groups excluding carboxylic acids is 2. The van der Waals surface area contributed by atoms with Gasteiger partial charge < -0.3 is 10.0 Å². The van der Waals surface area contributed by atoms with E-state index in [1.165, 1.54) is 4.90 Å². The van der Waals surface area contributed by atoms with Gasteiger partial charge in [0.25, 0.3) is 5.91 Å². The number of ketones is 1. The van der Waals surface area contributed by atoms with E-state index >= 15 is 0 Å². The van der Waals surface area contributed by atoms with Crippen LogP contribution in [0.3, 0.4) is 0 Å². The van der Waals surface area contributed by atoms with Gasteiger partial charge in [-0.15, -0.1) is 0 Å². The van der Waals surface area contributed by atoms with Crippen molar-refractivity contribution in [2.24, 2.45) is 5.41 Å². The molecule has 0 radical (unpaired) electrons. The first-order valence-electron chi connectivity index (χ1n) is 9.22. The lowest BCUT2D eigenvalue weighted by Crippen LogP contribution is -2.58. The average molecular weight is 360 g/mol. The summed E-state index contributed by atoms with van der Waals surface area (Å²) in [5.74, 6) is -2.64. The Morgan fingerprint density at radius 1 is 1.35 bits per heavy atom. The third-order valence-electron chi connectivity index (χ3n) is 5.73. The van der Waals surface area contributed by atoms with Gasteiger partial charge in [-0.2, -0.15) is 0 Å². The van der Waals surface area contributed by atoms with Crippen molar-refractivity contribution in [1.82, 2.24) is 9.88 Å².